The van der Waals surface area contributed by atoms with Gasteiger partial charge in [-0.25, -0.2) is 9.67 Å². The maximum Gasteiger partial charge on any atom is 0.307 e. The smallest absolute Gasteiger partial charge is 0.307 e. The zero-order chi connectivity index (χ0) is 23.6. The highest BCUT2D eigenvalue weighted by Gasteiger charge is 2.33. The van der Waals surface area contributed by atoms with E-state index in [1.54, 1.807) is 10.9 Å². The molecule has 0 aliphatic rings. The third kappa shape index (κ3) is 8.28. The van der Waals surface area contributed by atoms with E-state index in [1.807, 2.05) is 19.1 Å². The first-order valence-corrected chi connectivity index (χ1v) is 14.8. The van der Waals surface area contributed by atoms with Crippen molar-refractivity contribution < 1.29 is 19.7 Å². The Morgan fingerprint density at radius 1 is 1.31 bits per heavy atom. The second-order valence-electron chi connectivity index (χ2n) is 9.13. The molecule has 11 heteroatoms. The number of aliphatic hydroxyl groups is 1. The summed E-state index contributed by atoms with van der Waals surface area (Å²) < 4.78 is 7.39. The third-order valence-electron chi connectivity index (χ3n) is 5.20. The van der Waals surface area contributed by atoms with Crippen LogP contribution >= 0.6 is 0 Å². The number of aliphatic carboxylic acids is 1. The van der Waals surface area contributed by atoms with E-state index in [9.17, 15) is 9.90 Å². The highest BCUT2D eigenvalue weighted by Crippen LogP contribution is 2.31. The molecular formula is C21H36N6O4Si. The van der Waals surface area contributed by atoms with E-state index >= 15 is 0 Å². The first-order chi connectivity index (χ1) is 15.2. The number of aliphatic hydroxyl groups excluding tert-OH is 1. The molecule has 0 saturated carbocycles. The van der Waals surface area contributed by atoms with Crippen LogP contribution in [0.15, 0.2) is 18.3 Å². The largest absolute Gasteiger partial charge is 0.481 e. The number of nitrogens with one attached hydrogen (secondary N) is 1. The van der Waals surface area contributed by atoms with Gasteiger partial charge in [-0.3, -0.25) is 4.79 Å². The van der Waals surface area contributed by atoms with E-state index in [1.165, 1.54) is 0 Å². The lowest BCUT2D eigenvalue weighted by molar-refractivity contribution is -0.143. The normalized spacial score (nSPS) is 13.7. The Kier molecular flexibility index (Phi) is 10.2. The van der Waals surface area contributed by atoms with Gasteiger partial charge in [-0.15, -0.1) is 5.10 Å². The van der Waals surface area contributed by atoms with Gasteiger partial charge in [-0.05, 0) is 40.9 Å². The van der Waals surface area contributed by atoms with Crippen LogP contribution in [0.2, 0.25) is 25.7 Å². The fourth-order valence-electron chi connectivity index (χ4n) is 3.41. The zero-order valence-corrected chi connectivity index (χ0v) is 20.5. The van der Waals surface area contributed by atoms with Gasteiger partial charge in [-0.1, -0.05) is 39.1 Å². The number of pyridine rings is 1. The number of hydrogen-bond donors (Lipinski definition) is 3. The second kappa shape index (κ2) is 12.6. The first-order valence-electron chi connectivity index (χ1n) is 11.1. The van der Waals surface area contributed by atoms with Gasteiger partial charge in [0, 0.05) is 33.3 Å². The Morgan fingerprint density at radius 3 is 2.69 bits per heavy atom. The number of hydrogen-bond acceptors (Lipinski definition) is 8. The molecule has 0 spiro atoms. The van der Waals surface area contributed by atoms with Crippen LogP contribution in [0.25, 0.3) is 0 Å². The molecule has 178 valence electrons. The molecule has 0 bridgehead atoms. The van der Waals surface area contributed by atoms with Crippen LogP contribution in [0.1, 0.15) is 37.1 Å². The Morgan fingerprint density at radius 2 is 2.09 bits per heavy atom. The predicted molar refractivity (Wildman–Crippen MR) is 124 cm³/mol. The van der Waals surface area contributed by atoms with E-state index < -0.39 is 25.9 Å². The Bertz CT molecular complexity index is 824. The number of anilines is 1. The highest BCUT2D eigenvalue weighted by atomic mass is 28.3. The van der Waals surface area contributed by atoms with E-state index in [4.69, 9.17) is 9.84 Å². The van der Waals surface area contributed by atoms with Crippen LogP contribution < -0.4 is 5.32 Å². The molecule has 0 radical (unpaired) electrons. The standard InChI is InChI=1S/C21H36N6O4Si/c1-5-6-17(21(29)30)18(13-16-7-8-19(23-14-16)22-9-10-28)20-24-25-26-27(20)15-31-11-12-32(2,3)4/h7-8,14,17-18,28H,5-6,9-13,15H2,1-4H3,(H,22,23)(H,29,30)/t17?,18-/m0/s1. The molecular weight excluding hydrogens is 428 g/mol. The molecule has 0 aliphatic heterocycles. The van der Waals surface area contributed by atoms with Crippen molar-refractivity contribution in [1.29, 1.82) is 0 Å². The van der Waals surface area contributed by atoms with Gasteiger partial charge in [-0.2, -0.15) is 0 Å². The molecule has 2 heterocycles. The number of carbonyl (C=O) groups is 1. The van der Waals surface area contributed by atoms with Crippen molar-refractivity contribution in [3.05, 3.63) is 29.7 Å². The average Bonchev–Trinajstić information content (AvgIpc) is 3.20. The van der Waals surface area contributed by atoms with Gasteiger partial charge in [0.1, 0.15) is 12.5 Å². The summed E-state index contributed by atoms with van der Waals surface area (Å²) in [7, 11) is -1.21. The summed E-state index contributed by atoms with van der Waals surface area (Å²) in [4.78, 5) is 16.5. The molecule has 2 aromatic rings. The van der Waals surface area contributed by atoms with Gasteiger partial charge < -0.3 is 20.3 Å². The van der Waals surface area contributed by atoms with Crippen LogP contribution in [0.4, 0.5) is 5.82 Å². The summed E-state index contributed by atoms with van der Waals surface area (Å²) in [6.07, 6.45) is 3.42. The number of carboxylic acids is 1. The van der Waals surface area contributed by atoms with Gasteiger partial charge in [0.05, 0.1) is 12.5 Å². The Hall–Kier alpha value is -2.37. The maximum atomic E-state index is 12.1. The van der Waals surface area contributed by atoms with Crippen molar-refractivity contribution in [3.63, 3.8) is 0 Å². The van der Waals surface area contributed by atoms with E-state index in [-0.39, 0.29) is 13.3 Å². The minimum atomic E-state index is -1.21. The summed E-state index contributed by atoms with van der Waals surface area (Å²) >= 11 is 0. The van der Waals surface area contributed by atoms with Crippen LogP contribution in [-0.2, 0) is 22.7 Å². The number of ether oxygens (including phenoxy) is 1. The van der Waals surface area contributed by atoms with Crippen LogP contribution in [-0.4, -0.2) is 69.2 Å². The molecule has 2 aromatic heterocycles. The lowest BCUT2D eigenvalue weighted by atomic mass is 9.83. The molecule has 2 atom stereocenters. The molecule has 0 aromatic carbocycles. The van der Waals surface area contributed by atoms with E-state index in [0.717, 1.165) is 18.0 Å². The molecule has 0 aliphatic carbocycles. The van der Waals surface area contributed by atoms with Crippen LogP contribution in [0.3, 0.4) is 0 Å². The average molecular weight is 465 g/mol. The fraction of sp³-hybridized carbons (Fsp3) is 0.667. The number of carboxylic acid groups (broad SMARTS) is 1. The molecule has 2 rings (SSSR count). The minimum absolute atomic E-state index is 0.0193. The SMILES string of the molecule is CCCC(C(=O)O)[C@H](Cc1ccc(NCCO)nc1)c1nnnn1COCC[Si](C)(C)C. The minimum Gasteiger partial charge on any atom is -0.481 e. The molecule has 10 nitrogen and oxygen atoms in total. The molecule has 1 unspecified atom stereocenters. The van der Waals surface area contributed by atoms with Crippen molar-refractivity contribution in [3.8, 4) is 0 Å². The summed E-state index contributed by atoms with van der Waals surface area (Å²) in [5.41, 5.74) is 0.890. The maximum absolute atomic E-state index is 12.1. The number of nitrogens with zero attached hydrogens (tertiary/aromatic N) is 5. The highest BCUT2D eigenvalue weighted by molar-refractivity contribution is 6.76. The van der Waals surface area contributed by atoms with E-state index in [2.05, 4.69) is 45.5 Å². The van der Waals surface area contributed by atoms with E-state index in [0.29, 0.717) is 37.6 Å². The Labute approximate surface area is 190 Å². The zero-order valence-electron chi connectivity index (χ0n) is 19.5. The van der Waals surface area contributed by atoms with Crippen molar-refractivity contribution in [1.82, 2.24) is 25.2 Å². The van der Waals surface area contributed by atoms with Crippen molar-refractivity contribution in [2.45, 2.75) is 64.5 Å². The fourth-order valence-corrected chi connectivity index (χ4v) is 4.16. The monoisotopic (exact) mass is 464 g/mol. The summed E-state index contributed by atoms with van der Waals surface area (Å²) in [5, 5.41) is 33.9. The molecule has 32 heavy (non-hydrogen) atoms. The number of tetrazole rings is 1. The third-order valence-corrected chi connectivity index (χ3v) is 6.91. The first kappa shape index (κ1) is 25.9. The Balaban J connectivity index is 2.21. The van der Waals surface area contributed by atoms with Crippen molar-refractivity contribution in [2.24, 2.45) is 5.92 Å². The molecule has 3 N–H and O–H groups in total. The number of rotatable bonds is 15. The summed E-state index contributed by atoms with van der Waals surface area (Å²) in [5.74, 6) is -0.732. The lowest BCUT2D eigenvalue weighted by Gasteiger charge is -2.23. The van der Waals surface area contributed by atoms with Crippen molar-refractivity contribution >= 4 is 19.9 Å². The molecule has 0 saturated heterocycles. The van der Waals surface area contributed by atoms with Gasteiger partial charge in [0.15, 0.2) is 5.82 Å². The molecule has 0 amide bonds. The topological polar surface area (TPSA) is 135 Å². The van der Waals surface area contributed by atoms with Crippen LogP contribution in [0, 0.1) is 5.92 Å². The van der Waals surface area contributed by atoms with Crippen molar-refractivity contribution in [2.75, 3.05) is 25.1 Å². The quantitative estimate of drug-likeness (QED) is 0.268. The van der Waals surface area contributed by atoms with Crippen LogP contribution in [0.5, 0.6) is 0 Å². The van der Waals surface area contributed by atoms with Gasteiger partial charge in [0.25, 0.3) is 0 Å². The number of aromatic nitrogens is 5. The lowest BCUT2D eigenvalue weighted by Crippen LogP contribution is -2.27. The van der Waals surface area contributed by atoms with Gasteiger partial charge >= 0.3 is 5.97 Å². The predicted octanol–water partition coefficient (Wildman–Crippen LogP) is 2.61. The molecule has 0 fully saturated rings. The second-order valence-corrected chi connectivity index (χ2v) is 14.8. The summed E-state index contributed by atoms with van der Waals surface area (Å²) in [6.45, 7) is 10.1. The van der Waals surface area contributed by atoms with Gasteiger partial charge in [0.2, 0.25) is 0 Å². The summed E-state index contributed by atoms with van der Waals surface area (Å²) in [6, 6.07) is 4.76.